The summed E-state index contributed by atoms with van der Waals surface area (Å²) in [5.41, 5.74) is 2.61. The van der Waals surface area contributed by atoms with Gasteiger partial charge in [0.15, 0.2) is 0 Å². The standard InChI is InChI=1S/C21H17N3O/c1-15-9-11-18(12-10-15)24-21(25)17(13-22)14-23-20-8-4-6-16-5-2-3-7-19(16)20/h2-12,14,23H,1H3,(H,24,25)/b17-14-. The second kappa shape index (κ2) is 7.33. The smallest absolute Gasteiger partial charge is 0.267 e. The van der Waals surface area contributed by atoms with Gasteiger partial charge in [0.2, 0.25) is 0 Å². The predicted octanol–water partition coefficient (Wildman–Crippen LogP) is 4.61. The van der Waals surface area contributed by atoms with Gasteiger partial charge in [-0.2, -0.15) is 5.26 Å². The van der Waals surface area contributed by atoms with E-state index in [-0.39, 0.29) is 5.57 Å². The van der Waals surface area contributed by atoms with Gasteiger partial charge < -0.3 is 10.6 Å². The normalized spacial score (nSPS) is 11.0. The van der Waals surface area contributed by atoms with Gasteiger partial charge in [-0.1, -0.05) is 54.1 Å². The topological polar surface area (TPSA) is 64.9 Å². The summed E-state index contributed by atoms with van der Waals surface area (Å²) in [5.74, 6) is -0.445. The summed E-state index contributed by atoms with van der Waals surface area (Å²) < 4.78 is 0. The molecule has 0 aliphatic carbocycles. The molecule has 4 nitrogen and oxygen atoms in total. The molecular formula is C21H17N3O. The summed E-state index contributed by atoms with van der Waals surface area (Å²) in [4.78, 5) is 12.3. The Labute approximate surface area is 146 Å². The van der Waals surface area contributed by atoms with Gasteiger partial charge in [-0.15, -0.1) is 0 Å². The molecule has 122 valence electrons. The average Bonchev–Trinajstić information content (AvgIpc) is 2.64. The molecule has 25 heavy (non-hydrogen) atoms. The second-order valence-electron chi connectivity index (χ2n) is 5.66. The summed E-state index contributed by atoms with van der Waals surface area (Å²) in [5, 5.41) is 17.2. The molecule has 0 aliphatic heterocycles. The highest BCUT2D eigenvalue weighted by Crippen LogP contribution is 2.23. The molecule has 2 N–H and O–H groups in total. The number of carbonyl (C=O) groups is 1. The van der Waals surface area contributed by atoms with Gasteiger partial charge in [-0.3, -0.25) is 4.79 Å². The minimum absolute atomic E-state index is 0.00788. The lowest BCUT2D eigenvalue weighted by molar-refractivity contribution is -0.112. The molecule has 0 aromatic heterocycles. The Bertz CT molecular complexity index is 977. The zero-order valence-corrected chi connectivity index (χ0v) is 13.8. The van der Waals surface area contributed by atoms with Crippen LogP contribution in [0.4, 0.5) is 11.4 Å². The number of amides is 1. The molecule has 0 unspecified atom stereocenters. The van der Waals surface area contributed by atoms with E-state index in [4.69, 9.17) is 0 Å². The van der Waals surface area contributed by atoms with Crippen molar-refractivity contribution >= 4 is 28.1 Å². The van der Waals surface area contributed by atoms with Gasteiger partial charge in [0.25, 0.3) is 5.91 Å². The maximum Gasteiger partial charge on any atom is 0.267 e. The van der Waals surface area contributed by atoms with Crippen LogP contribution in [0.2, 0.25) is 0 Å². The first-order chi connectivity index (χ1) is 12.2. The van der Waals surface area contributed by atoms with Crippen LogP contribution < -0.4 is 10.6 Å². The number of nitrogens with zero attached hydrogens (tertiary/aromatic N) is 1. The second-order valence-corrected chi connectivity index (χ2v) is 5.66. The number of hydrogen-bond acceptors (Lipinski definition) is 3. The fourth-order valence-electron chi connectivity index (χ4n) is 2.49. The molecule has 3 aromatic carbocycles. The van der Waals surface area contributed by atoms with Crippen LogP contribution in [-0.2, 0) is 4.79 Å². The van der Waals surface area contributed by atoms with Crippen LogP contribution >= 0.6 is 0 Å². The van der Waals surface area contributed by atoms with Gasteiger partial charge in [-0.05, 0) is 30.5 Å². The number of nitrogens with one attached hydrogen (secondary N) is 2. The first-order valence-corrected chi connectivity index (χ1v) is 7.90. The predicted molar refractivity (Wildman–Crippen MR) is 101 cm³/mol. The molecule has 4 heteroatoms. The SMILES string of the molecule is Cc1ccc(NC(=O)/C(C#N)=C\Nc2cccc3ccccc23)cc1. The molecule has 0 atom stereocenters. The molecule has 0 fully saturated rings. The molecule has 3 rings (SSSR count). The number of carbonyl (C=O) groups excluding carboxylic acids is 1. The Balaban J connectivity index is 1.79. The molecule has 3 aromatic rings. The lowest BCUT2D eigenvalue weighted by Gasteiger charge is -2.08. The highest BCUT2D eigenvalue weighted by atomic mass is 16.1. The van der Waals surface area contributed by atoms with Crippen molar-refractivity contribution in [3.05, 3.63) is 84.1 Å². The number of fused-ring (bicyclic) bond motifs is 1. The minimum Gasteiger partial charge on any atom is -0.360 e. The lowest BCUT2D eigenvalue weighted by atomic mass is 10.1. The Morgan fingerprint density at radius 1 is 1.00 bits per heavy atom. The van der Waals surface area contributed by atoms with Crippen molar-refractivity contribution in [2.75, 3.05) is 10.6 Å². The summed E-state index contributed by atoms with van der Waals surface area (Å²) in [6.45, 7) is 1.97. The number of rotatable bonds is 4. The molecule has 0 aliphatic rings. The molecule has 0 bridgehead atoms. The zero-order valence-electron chi connectivity index (χ0n) is 13.8. The van der Waals surface area contributed by atoms with Crippen molar-refractivity contribution in [3.8, 4) is 6.07 Å². The van der Waals surface area contributed by atoms with Gasteiger partial charge in [0.05, 0.1) is 0 Å². The van der Waals surface area contributed by atoms with Crippen molar-refractivity contribution in [2.45, 2.75) is 6.92 Å². The Hall–Kier alpha value is -3.58. The fourth-order valence-corrected chi connectivity index (χ4v) is 2.49. The third-order valence-corrected chi connectivity index (χ3v) is 3.84. The lowest BCUT2D eigenvalue weighted by Crippen LogP contribution is -2.14. The summed E-state index contributed by atoms with van der Waals surface area (Å²) in [7, 11) is 0. The summed E-state index contributed by atoms with van der Waals surface area (Å²) in [6, 6.07) is 23.1. The maximum absolute atomic E-state index is 12.3. The molecule has 0 heterocycles. The van der Waals surface area contributed by atoms with Crippen molar-refractivity contribution in [3.63, 3.8) is 0 Å². The third kappa shape index (κ3) is 3.85. The molecule has 0 spiro atoms. The van der Waals surface area contributed by atoms with E-state index >= 15 is 0 Å². The van der Waals surface area contributed by atoms with Crippen LogP contribution in [-0.4, -0.2) is 5.91 Å². The van der Waals surface area contributed by atoms with Gasteiger partial charge in [0.1, 0.15) is 11.6 Å². The van der Waals surface area contributed by atoms with Crippen molar-refractivity contribution < 1.29 is 4.79 Å². The van der Waals surface area contributed by atoms with E-state index in [1.165, 1.54) is 6.20 Å². The highest BCUT2D eigenvalue weighted by Gasteiger charge is 2.09. The number of anilines is 2. The van der Waals surface area contributed by atoms with Gasteiger partial charge >= 0.3 is 0 Å². The maximum atomic E-state index is 12.3. The van der Waals surface area contributed by atoms with E-state index in [9.17, 15) is 10.1 Å². The van der Waals surface area contributed by atoms with Gasteiger partial charge in [-0.25, -0.2) is 0 Å². The van der Waals surface area contributed by atoms with Crippen LogP contribution in [0.3, 0.4) is 0 Å². The van der Waals surface area contributed by atoms with Crippen LogP contribution in [0.15, 0.2) is 78.5 Å². The highest BCUT2D eigenvalue weighted by molar-refractivity contribution is 6.07. The molecule has 0 saturated heterocycles. The van der Waals surface area contributed by atoms with E-state index in [2.05, 4.69) is 10.6 Å². The summed E-state index contributed by atoms with van der Waals surface area (Å²) in [6.07, 6.45) is 1.44. The monoisotopic (exact) mass is 327 g/mol. The molecule has 0 saturated carbocycles. The fraction of sp³-hybridized carbons (Fsp3) is 0.0476. The van der Waals surface area contributed by atoms with E-state index < -0.39 is 5.91 Å². The Morgan fingerprint density at radius 3 is 2.48 bits per heavy atom. The zero-order chi connectivity index (χ0) is 17.6. The molecule has 0 radical (unpaired) electrons. The van der Waals surface area contributed by atoms with E-state index in [1.54, 1.807) is 12.1 Å². The van der Waals surface area contributed by atoms with Crippen LogP contribution in [0, 0.1) is 18.3 Å². The largest absolute Gasteiger partial charge is 0.360 e. The molecule has 1 amide bonds. The third-order valence-electron chi connectivity index (χ3n) is 3.84. The van der Waals surface area contributed by atoms with Crippen molar-refractivity contribution in [1.82, 2.24) is 0 Å². The first kappa shape index (κ1) is 16.3. The Kier molecular flexibility index (Phi) is 4.77. The summed E-state index contributed by atoms with van der Waals surface area (Å²) >= 11 is 0. The van der Waals surface area contributed by atoms with Crippen LogP contribution in [0.1, 0.15) is 5.56 Å². The van der Waals surface area contributed by atoms with E-state index in [1.807, 2.05) is 67.6 Å². The average molecular weight is 327 g/mol. The van der Waals surface area contributed by atoms with Crippen molar-refractivity contribution in [2.24, 2.45) is 0 Å². The van der Waals surface area contributed by atoms with Crippen LogP contribution in [0.25, 0.3) is 10.8 Å². The number of hydrogen-bond donors (Lipinski definition) is 2. The van der Waals surface area contributed by atoms with E-state index in [0.717, 1.165) is 22.0 Å². The molecular weight excluding hydrogens is 310 g/mol. The van der Waals surface area contributed by atoms with E-state index in [0.29, 0.717) is 5.69 Å². The number of aryl methyl sites for hydroxylation is 1. The first-order valence-electron chi connectivity index (χ1n) is 7.90. The number of benzene rings is 3. The van der Waals surface area contributed by atoms with Gasteiger partial charge in [0, 0.05) is 23.0 Å². The Morgan fingerprint density at radius 2 is 1.72 bits per heavy atom. The minimum atomic E-state index is -0.445. The van der Waals surface area contributed by atoms with Crippen LogP contribution in [0.5, 0.6) is 0 Å². The van der Waals surface area contributed by atoms with Crippen molar-refractivity contribution in [1.29, 1.82) is 5.26 Å². The number of nitriles is 1. The quantitative estimate of drug-likeness (QED) is 0.543.